The highest BCUT2D eigenvalue weighted by Crippen LogP contribution is 2.42. The van der Waals surface area contributed by atoms with E-state index in [1.54, 1.807) is 0 Å². The third-order valence-electron chi connectivity index (χ3n) is 2.70. The van der Waals surface area contributed by atoms with E-state index in [0.717, 1.165) is 0 Å². The van der Waals surface area contributed by atoms with Gasteiger partial charge in [-0.25, -0.2) is 0 Å². The highest BCUT2D eigenvalue weighted by molar-refractivity contribution is 8.01. The molecule has 1 saturated heterocycles. The summed E-state index contributed by atoms with van der Waals surface area (Å²) in [4.78, 5) is 0.337. The highest BCUT2D eigenvalue weighted by Gasteiger charge is 2.43. The van der Waals surface area contributed by atoms with Crippen LogP contribution in [-0.4, -0.2) is 16.2 Å². The molecule has 12 heavy (non-hydrogen) atoms. The maximum Gasteiger partial charge on any atom is 0.0670 e. The van der Waals surface area contributed by atoms with Gasteiger partial charge in [0.25, 0.3) is 0 Å². The summed E-state index contributed by atoms with van der Waals surface area (Å²) in [6.07, 6.45) is 1.22. The van der Waals surface area contributed by atoms with Gasteiger partial charge in [0.2, 0.25) is 0 Å². The van der Waals surface area contributed by atoms with Crippen LogP contribution in [0.3, 0.4) is 0 Å². The smallest absolute Gasteiger partial charge is 0.0670 e. The van der Waals surface area contributed by atoms with Crippen LogP contribution in [-0.2, 0) is 0 Å². The summed E-state index contributed by atoms with van der Waals surface area (Å²) in [6.45, 7) is 11.5. The van der Waals surface area contributed by atoms with Crippen molar-refractivity contribution in [1.82, 2.24) is 5.32 Å². The molecule has 1 aliphatic heterocycles. The van der Waals surface area contributed by atoms with Crippen molar-refractivity contribution in [2.75, 3.05) is 5.75 Å². The van der Waals surface area contributed by atoms with Crippen molar-refractivity contribution in [2.45, 2.75) is 51.4 Å². The van der Waals surface area contributed by atoms with Crippen molar-refractivity contribution < 1.29 is 0 Å². The fraction of sp³-hybridized carbons (Fsp3) is 1.00. The number of rotatable bonds is 2. The van der Waals surface area contributed by atoms with Gasteiger partial charge in [-0.3, -0.25) is 5.32 Å². The number of thioether (sulfide) groups is 1. The minimum Gasteiger partial charge on any atom is -0.297 e. The van der Waals surface area contributed by atoms with E-state index < -0.39 is 0 Å². The monoisotopic (exact) mass is 187 g/mol. The molecule has 0 aromatic carbocycles. The van der Waals surface area contributed by atoms with Gasteiger partial charge in [-0.05, 0) is 26.2 Å². The van der Waals surface area contributed by atoms with Crippen LogP contribution in [0.2, 0.25) is 0 Å². The van der Waals surface area contributed by atoms with Crippen LogP contribution in [0.4, 0.5) is 0 Å². The summed E-state index contributed by atoms with van der Waals surface area (Å²) in [5.41, 5.74) is 0.324. The Morgan fingerprint density at radius 1 is 1.42 bits per heavy atom. The van der Waals surface area contributed by atoms with E-state index in [9.17, 15) is 0 Å². The lowest BCUT2D eigenvalue weighted by Gasteiger charge is -2.34. The highest BCUT2D eigenvalue weighted by atomic mass is 32.2. The Hall–Kier alpha value is 0.310. The quantitative estimate of drug-likeness (QED) is 0.713. The number of nitrogens with one attached hydrogen (secondary N) is 1. The zero-order valence-corrected chi connectivity index (χ0v) is 9.72. The van der Waals surface area contributed by atoms with E-state index in [4.69, 9.17) is 0 Å². The Balaban J connectivity index is 2.73. The first-order chi connectivity index (χ1) is 5.42. The van der Waals surface area contributed by atoms with Crippen molar-refractivity contribution in [3.63, 3.8) is 0 Å². The van der Waals surface area contributed by atoms with Gasteiger partial charge in [0, 0.05) is 11.3 Å². The third kappa shape index (κ3) is 1.80. The molecule has 0 spiro atoms. The average molecular weight is 187 g/mol. The largest absolute Gasteiger partial charge is 0.297 e. The first-order valence-corrected chi connectivity index (χ1v) is 5.84. The SMILES string of the molecule is CCC1(C(C)C)NC(C)(C)CS1. The molecule has 0 saturated carbocycles. The van der Waals surface area contributed by atoms with Crippen molar-refractivity contribution in [3.8, 4) is 0 Å². The summed E-state index contributed by atoms with van der Waals surface area (Å²) >= 11 is 2.09. The van der Waals surface area contributed by atoms with Gasteiger partial charge in [-0.2, -0.15) is 0 Å². The van der Waals surface area contributed by atoms with Crippen molar-refractivity contribution in [1.29, 1.82) is 0 Å². The van der Waals surface area contributed by atoms with Gasteiger partial charge in [0.15, 0.2) is 0 Å². The molecule has 0 aromatic rings. The summed E-state index contributed by atoms with van der Waals surface area (Å²) in [5.74, 6) is 1.95. The minimum absolute atomic E-state index is 0.324. The van der Waals surface area contributed by atoms with Crippen LogP contribution in [0.5, 0.6) is 0 Å². The second kappa shape index (κ2) is 3.22. The van der Waals surface area contributed by atoms with Crippen LogP contribution in [0.25, 0.3) is 0 Å². The summed E-state index contributed by atoms with van der Waals surface area (Å²) in [5, 5.41) is 3.76. The Labute approximate surface area is 80.7 Å². The van der Waals surface area contributed by atoms with Crippen molar-refractivity contribution >= 4 is 11.8 Å². The summed E-state index contributed by atoms with van der Waals surface area (Å²) in [7, 11) is 0. The fourth-order valence-corrected chi connectivity index (χ4v) is 3.44. The number of hydrogen-bond acceptors (Lipinski definition) is 2. The molecule has 0 bridgehead atoms. The van der Waals surface area contributed by atoms with Crippen LogP contribution in [0, 0.1) is 5.92 Å². The first-order valence-electron chi connectivity index (χ1n) is 4.85. The van der Waals surface area contributed by atoms with Gasteiger partial charge < -0.3 is 0 Å². The van der Waals surface area contributed by atoms with E-state index in [2.05, 4.69) is 51.7 Å². The van der Waals surface area contributed by atoms with Crippen LogP contribution in [0.15, 0.2) is 0 Å². The standard InChI is InChI=1S/C10H21NS/c1-6-10(8(2)3)11-9(4,5)7-12-10/h8,11H,6-7H2,1-5H3. The molecule has 0 aliphatic carbocycles. The lowest BCUT2D eigenvalue weighted by molar-refractivity contribution is 0.292. The Kier molecular flexibility index (Phi) is 2.79. The first kappa shape index (κ1) is 10.4. The lowest BCUT2D eigenvalue weighted by Crippen LogP contribution is -2.49. The van der Waals surface area contributed by atoms with E-state index >= 15 is 0 Å². The van der Waals surface area contributed by atoms with E-state index in [0.29, 0.717) is 16.3 Å². The molecular weight excluding hydrogens is 166 g/mol. The van der Waals surface area contributed by atoms with Crippen LogP contribution < -0.4 is 5.32 Å². The number of hydrogen-bond donors (Lipinski definition) is 1. The van der Waals surface area contributed by atoms with Crippen LogP contribution >= 0.6 is 11.8 Å². The van der Waals surface area contributed by atoms with Gasteiger partial charge in [-0.1, -0.05) is 20.8 Å². The Bertz CT molecular complexity index is 165. The molecule has 1 fully saturated rings. The predicted molar refractivity (Wildman–Crippen MR) is 57.5 cm³/mol. The molecule has 0 amide bonds. The molecule has 1 heterocycles. The molecule has 1 atom stereocenters. The summed E-state index contributed by atoms with van der Waals surface area (Å²) in [6, 6.07) is 0. The zero-order chi connectivity index (χ0) is 9.41. The Morgan fingerprint density at radius 3 is 2.17 bits per heavy atom. The minimum atomic E-state index is 0.324. The molecule has 1 nitrogen and oxygen atoms in total. The molecule has 1 rings (SSSR count). The summed E-state index contributed by atoms with van der Waals surface area (Å²) < 4.78 is 0. The van der Waals surface area contributed by atoms with Gasteiger partial charge in [0.1, 0.15) is 0 Å². The molecular formula is C10H21NS. The second-order valence-corrected chi connectivity index (χ2v) is 6.00. The van der Waals surface area contributed by atoms with E-state index in [1.165, 1.54) is 12.2 Å². The molecule has 72 valence electrons. The zero-order valence-electron chi connectivity index (χ0n) is 8.90. The van der Waals surface area contributed by atoms with E-state index in [1.807, 2.05) is 0 Å². The third-order valence-corrected chi connectivity index (χ3v) is 4.94. The Morgan fingerprint density at radius 2 is 2.00 bits per heavy atom. The fourth-order valence-electron chi connectivity index (χ4n) is 1.86. The predicted octanol–water partition coefficient (Wildman–Crippen LogP) is 2.86. The van der Waals surface area contributed by atoms with Gasteiger partial charge in [0.05, 0.1) is 4.87 Å². The maximum atomic E-state index is 3.76. The molecule has 2 heteroatoms. The van der Waals surface area contributed by atoms with Crippen LogP contribution in [0.1, 0.15) is 41.0 Å². The van der Waals surface area contributed by atoms with Crippen molar-refractivity contribution in [3.05, 3.63) is 0 Å². The molecule has 1 aliphatic rings. The van der Waals surface area contributed by atoms with Crippen molar-refractivity contribution in [2.24, 2.45) is 5.92 Å². The second-order valence-electron chi connectivity index (χ2n) is 4.70. The lowest BCUT2D eigenvalue weighted by atomic mass is 9.97. The molecule has 1 unspecified atom stereocenters. The van der Waals surface area contributed by atoms with Gasteiger partial charge in [-0.15, -0.1) is 11.8 Å². The topological polar surface area (TPSA) is 12.0 Å². The van der Waals surface area contributed by atoms with E-state index in [-0.39, 0.29) is 0 Å². The normalized spacial score (nSPS) is 34.5. The molecule has 0 radical (unpaired) electrons. The maximum absolute atomic E-state index is 3.76. The molecule has 1 N–H and O–H groups in total. The average Bonchev–Trinajstić information content (AvgIpc) is 2.27. The molecule has 0 aromatic heterocycles. The van der Waals surface area contributed by atoms with Gasteiger partial charge >= 0.3 is 0 Å².